The molecular weight excluding hydrogens is 438 g/mol. The van der Waals surface area contributed by atoms with Gasteiger partial charge < -0.3 is 14.6 Å². The van der Waals surface area contributed by atoms with Gasteiger partial charge in [-0.3, -0.25) is 4.90 Å². The number of aliphatic hydroxyl groups is 1. The minimum atomic E-state index is -1.08. The van der Waals surface area contributed by atoms with Crippen LogP contribution >= 0.6 is 0 Å². The van der Waals surface area contributed by atoms with Gasteiger partial charge in [-0.1, -0.05) is 85.4 Å². The van der Waals surface area contributed by atoms with Gasteiger partial charge in [0.1, 0.15) is 6.61 Å². The maximum absolute atomic E-state index is 13.4. The summed E-state index contributed by atoms with van der Waals surface area (Å²) in [4.78, 5) is 15.2. The van der Waals surface area contributed by atoms with Crippen molar-refractivity contribution in [3.63, 3.8) is 0 Å². The molecule has 0 saturated carbocycles. The number of carbonyl (C=O) groups is 1. The van der Waals surface area contributed by atoms with Gasteiger partial charge in [-0.2, -0.15) is 0 Å². The number of morpholine rings is 1. The Bertz CT molecular complexity index is 1210. The number of hydrogen-bond acceptors (Lipinski definition) is 4. The van der Waals surface area contributed by atoms with Crippen molar-refractivity contribution in [2.45, 2.75) is 36.4 Å². The van der Waals surface area contributed by atoms with E-state index in [9.17, 15) is 9.90 Å². The Morgan fingerprint density at radius 1 is 0.914 bits per heavy atom. The Hall–Kier alpha value is -3.41. The molecule has 1 aliphatic carbocycles. The fourth-order valence-corrected chi connectivity index (χ4v) is 6.10. The number of carbonyl (C=O) groups excluding carboxylic acids is 1. The SMILES string of the molecule is C=C(c1ccccc1)C1(O)CC2COCC(C1)N2C(=O)OCC1c2ccccc2-c2ccccc21. The Kier molecular flexibility index (Phi) is 5.47. The van der Waals surface area contributed by atoms with Crippen LogP contribution in [0.3, 0.4) is 0 Å². The molecular formula is C30H29NO4. The van der Waals surface area contributed by atoms with Crippen LogP contribution in [0, 0.1) is 0 Å². The molecule has 2 bridgehead atoms. The van der Waals surface area contributed by atoms with Crippen LogP contribution in [-0.4, -0.2) is 53.6 Å². The predicted molar refractivity (Wildman–Crippen MR) is 135 cm³/mol. The first-order chi connectivity index (χ1) is 17.0. The summed E-state index contributed by atoms with van der Waals surface area (Å²) in [6.07, 6.45) is 0.417. The van der Waals surface area contributed by atoms with Crippen LogP contribution in [0.15, 0.2) is 85.4 Å². The summed E-state index contributed by atoms with van der Waals surface area (Å²) >= 11 is 0. The average Bonchev–Trinajstić information content (AvgIpc) is 3.20. The van der Waals surface area contributed by atoms with Gasteiger partial charge in [0, 0.05) is 18.8 Å². The third-order valence-electron chi connectivity index (χ3n) is 7.78. The van der Waals surface area contributed by atoms with E-state index in [1.807, 2.05) is 54.6 Å². The van der Waals surface area contributed by atoms with E-state index in [4.69, 9.17) is 9.47 Å². The fraction of sp³-hybridized carbons (Fsp3) is 0.300. The van der Waals surface area contributed by atoms with Gasteiger partial charge in [0.05, 0.1) is 30.9 Å². The van der Waals surface area contributed by atoms with E-state index in [1.54, 1.807) is 4.90 Å². The topological polar surface area (TPSA) is 59.0 Å². The Morgan fingerprint density at radius 2 is 1.46 bits per heavy atom. The number of benzene rings is 3. The lowest BCUT2D eigenvalue weighted by atomic mass is 9.75. The number of fused-ring (bicyclic) bond motifs is 5. The second-order valence-corrected chi connectivity index (χ2v) is 9.84. The molecule has 35 heavy (non-hydrogen) atoms. The molecule has 2 saturated heterocycles. The summed E-state index contributed by atoms with van der Waals surface area (Å²) in [6, 6.07) is 25.9. The van der Waals surface area contributed by atoms with Crippen LogP contribution in [-0.2, 0) is 9.47 Å². The first-order valence-corrected chi connectivity index (χ1v) is 12.2. The molecule has 3 aromatic carbocycles. The molecule has 0 aromatic heterocycles. The first-order valence-electron chi connectivity index (χ1n) is 12.2. The molecule has 2 atom stereocenters. The van der Waals surface area contributed by atoms with Gasteiger partial charge in [0.25, 0.3) is 0 Å². The van der Waals surface area contributed by atoms with Crippen molar-refractivity contribution in [3.8, 4) is 11.1 Å². The Labute approximate surface area is 205 Å². The summed E-state index contributed by atoms with van der Waals surface area (Å²) in [5, 5.41) is 11.6. The highest BCUT2D eigenvalue weighted by molar-refractivity contribution is 5.79. The molecule has 5 nitrogen and oxygen atoms in total. The third-order valence-corrected chi connectivity index (χ3v) is 7.78. The number of piperidine rings is 1. The Balaban J connectivity index is 1.19. The molecule has 5 heteroatoms. The molecule has 1 amide bonds. The molecule has 1 N–H and O–H groups in total. The van der Waals surface area contributed by atoms with Crippen molar-refractivity contribution < 1.29 is 19.4 Å². The van der Waals surface area contributed by atoms with Gasteiger partial charge in [0.2, 0.25) is 0 Å². The normalized spacial score (nSPS) is 25.0. The van der Waals surface area contributed by atoms with Crippen LogP contribution in [0.2, 0.25) is 0 Å². The van der Waals surface area contributed by atoms with E-state index >= 15 is 0 Å². The number of rotatable bonds is 4. The summed E-state index contributed by atoms with van der Waals surface area (Å²) in [7, 11) is 0. The van der Waals surface area contributed by atoms with Gasteiger partial charge in [-0.25, -0.2) is 4.79 Å². The predicted octanol–water partition coefficient (Wildman–Crippen LogP) is 5.24. The maximum Gasteiger partial charge on any atom is 0.410 e. The largest absolute Gasteiger partial charge is 0.448 e. The molecule has 3 aromatic rings. The third kappa shape index (κ3) is 3.76. The molecule has 2 fully saturated rings. The number of ether oxygens (including phenoxy) is 2. The lowest BCUT2D eigenvalue weighted by Gasteiger charge is -2.51. The molecule has 2 heterocycles. The minimum Gasteiger partial charge on any atom is -0.448 e. The minimum absolute atomic E-state index is 0.0158. The monoisotopic (exact) mass is 467 g/mol. The molecule has 3 aliphatic rings. The summed E-state index contributed by atoms with van der Waals surface area (Å²) < 4.78 is 11.7. The van der Waals surface area contributed by atoms with Gasteiger partial charge >= 0.3 is 6.09 Å². The zero-order chi connectivity index (χ0) is 24.0. The van der Waals surface area contributed by atoms with E-state index in [2.05, 4.69) is 30.8 Å². The highest BCUT2D eigenvalue weighted by Crippen LogP contribution is 2.45. The quantitative estimate of drug-likeness (QED) is 0.570. The first kappa shape index (κ1) is 22.1. The van der Waals surface area contributed by atoms with E-state index in [1.165, 1.54) is 22.3 Å². The second kappa shape index (κ2) is 8.67. The number of nitrogens with zero attached hydrogens (tertiary/aromatic N) is 1. The van der Waals surface area contributed by atoms with Crippen molar-refractivity contribution in [1.82, 2.24) is 4.90 Å². The molecule has 0 radical (unpaired) electrons. The van der Waals surface area contributed by atoms with Crippen LogP contribution in [0.25, 0.3) is 16.7 Å². The summed E-state index contributed by atoms with van der Waals surface area (Å²) in [5.41, 5.74) is 5.33. The van der Waals surface area contributed by atoms with E-state index in [0.717, 1.165) is 5.56 Å². The van der Waals surface area contributed by atoms with E-state index in [0.29, 0.717) is 31.6 Å². The van der Waals surface area contributed by atoms with Gasteiger partial charge in [0.15, 0.2) is 0 Å². The van der Waals surface area contributed by atoms with Crippen molar-refractivity contribution in [2.24, 2.45) is 0 Å². The molecule has 178 valence electrons. The van der Waals surface area contributed by atoms with Gasteiger partial charge in [-0.15, -0.1) is 0 Å². The van der Waals surface area contributed by atoms with E-state index < -0.39 is 5.60 Å². The molecule has 6 rings (SSSR count). The Morgan fingerprint density at radius 3 is 2.06 bits per heavy atom. The van der Waals surface area contributed by atoms with Crippen molar-refractivity contribution >= 4 is 11.7 Å². The van der Waals surface area contributed by atoms with Crippen molar-refractivity contribution in [3.05, 3.63) is 102 Å². The molecule has 0 spiro atoms. The van der Waals surface area contributed by atoms with Crippen molar-refractivity contribution in [1.29, 1.82) is 0 Å². The number of hydrogen-bond donors (Lipinski definition) is 1. The van der Waals surface area contributed by atoms with Crippen LogP contribution in [0.4, 0.5) is 4.79 Å². The smallest absolute Gasteiger partial charge is 0.410 e. The highest BCUT2D eigenvalue weighted by Gasteiger charge is 2.50. The zero-order valence-electron chi connectivity index (χ0n) is 19.6. The van der Waals surface area contributed by atoms with Crippen LogP contribution in [0.1, 0.15) is 35.4 Å². The zero-order valence-corrected chi connectivity index (χ0v) is 19.6. The lowest BCUT2D eigenvalue weighted by molar-refractivity contribution is -0.113. The van der Waals surface area contributed by atoms with Crippen LogP contribution in [0.5, 0.6) is 0 Å². The summed E-state index contributed by atoms with van der Waals surface area (Å²) in [6.45, 7) is 5.27. The second-order valence-electron chi connectivity index (χ2n) is 9.84. The fourth-order valence-electron chi connectivity index (χ4n) is 6.10. The van der Waals surface area contributed by atoms with Crippen molar-refractivity contribution in [2.75, 3.05) is 19.8 Å². The highest BCUT2D eigenvalue weighted by atomic mass is 16.6. The molecule has 2 aliphatic heterocycles. The van der Waals surface area contributed by atoms with Gasteiger partial charge in [-0.05, 0) is 33.4 Å². The lowest BCUT2D eigenvalue weighted by Crippen LogP contribution is -2.63. The standard InChI is InChI=1S/C30H29NO4/c1-20(21-9-3-2-4-10-21)30(33)15-22-17-34-18-23(16-30)31(22)29(32)35-19-28-26-13-7-5-11-24(26)25-12-6-8-14-27(25)28/h2-14,22-23,28,33H,1,15-19H2. The van der Waals surface area contributed by atoms with Crippen LogP contribution < -0.4 is 0 Å². The van der Waals surface area contributed by atoms with E-state index in [-0.39, 0.29) is 30.7 Å². The summed E-state index contributed by atoms with van der Waals surface area (Å²) in [5.74, 6) is 0.0158. The molecule has 2 unspecified atom stereocenters. The average molecular weight is 468 g/mol. The number of amides is 1. The maximum atomic E-state index is 13.4.